The maximum absolute atomic E-state index is 11.6. The molecule has 3 N–H and O–H groups in total. The molecule has 0 unspecified atom stereocenters. The zero-order valence-electron chi connectivity index (χ0n) is 14.8. The number of nitrogens with zero attached hydrogens (tertiary/aromatic N) is 1. The predicted octanol–water partition coefficient (Wildman–Crippen LogP) is 1.64. The number of carbonyl (C=O) groups excluding carboxylic acids is 1. The number of fused-ring (bicyclic) bond motifs is 1. The largest absolute Gasteiger partial charge is 0.454 e. The molecule has 0 fully saturated rings. The van der Waals surface area contributed by atoms with Gasteiger partial charge in [-0.3, -0.25) is 9.79 Å². The normalized spacial score (nSPS) is 12.6. The van der Waals surface area contributed by atoms with E-state index in [9.17, 15) is 4.79 Å². The molecule has 0 saturated carbocycles. The summed E-state index contributed by atoms with van der Waals surface area (Å²) in [4.78, 5) is 15.8. The lowest BCUT2D eigenvalue weighted by molar-refractivity contribution is 0.0963. The lowest BCUT2D eigenvalue weighted by Crippen LogP contribution is -2.36. The summed E-state index contributed by atoms with van der Waals surface area (Å²) in [6.45, 7) is 1.49. The second-order valence-electron chi connectivity index (χ2n) is 5.74. The summed E-state index contributed by atoms with van der Waals surface area (Å²) < 4.78 is 10.7. The van der Waals surface area contributed by atoms with Gasteiger partial charge in [-0.1, -0.05) is 18.2 Å². The van der Waals surface area contributed by atoms with Crippen LogP contribution in [0.1, 0.15) is 21.5 Å². The highest BCUT2D eigenvalue weighted by Gasteiger charge is 2.13. The van der Waals surface area contributed by atoms with Crippen LogP contribution in [-0.4, -0.2) is 32.8 Å². The average molecular weight is 354 g/mol. The molecule has 0 bridgehead atoms. The lowest BCUT2D eigenvalue weighted by atomic mass is 10.1. The fourth-order valence-corrected chi connectivity index (χ4v) is 2.56. The van der Waals surface area contributed by atoms with Crippen LogP contribution >= 0.6 is 0 Å². The fourth-order valence-electron chi connectivity index (χ4n) is 2.56. The van der Waals surface area contributed by atoms with E-state index >= 15 is 0 Å². The van der Waals surface area contributed by atoms with Crippen molar-refractivity contribution in [2.24, 2.45) is 4.99 Å². The predicted molar refractivity (Wildman–Crippen MR) is 99.4 cm³/mol. The summed E-state index contributed by atoms with van der Waals surface area (Å²) in [5, 5.41) is 9.13. The molecule has 0 atom stereocenters. The number of benzene rings is 2. The third-order valence-electron chi connectivity index (χ3n) is 4.02. The summed E-state index contributed by atoms with van der Waals surface area (Å²) >= 11 is 0. The van der Waals surface area contributed by atoms with Gasteiger partial charge in [-0.05, 0) is 35.4 Å². The Morgan fingerprint density at radius 2 is 1.65 bits per heavy atom. The van der Waals surface area contributed by atoms with Crippen LogP contribution in [-0.2, 0) is 13.1 Å². The molecule has 136 valence electrons. The molecule has 0 aromatic heterocycles. The molecule has 7 nitrogen and oxygen atoms in total. The van der Waals surface area contributed by atoms with Crippen LogP contribution in [0.15, 0.2) is 47.5 Å². The minimum Gasteiger partial charge on any atom is -0.454 e. The Kier molecular flexibility index (Phi) is 5.58. The third kappa shape index (κ3) is 4.24. The molecule has 1 aliphatic heterocycles. The van der Waals surface area contributed by atoms with E-state index in [-0.39, 0.29) is 12.7 Å². The summed E-state index contributed by atoms with van der Waals surface area (Å²) in [5.41, 5.74) is 2.78. The van der Waals surface area contributed by atoms with Gasteiger partial charge in [0.05, 0.1) is 0 Å². The average Bonchev–Trinajstić information content (AvgIpc) is 3.15. The zero-order valence-corrected chi connectivity index (χ0v) is 14.8. The molecule has 0 spiro atoms. The minimum absolute atomic E-state index is 0.0919. The molecule has 1 aliphatic rings. The molecule has 0 aliphatic carbocycles. The van der Waals surface area contributed by atoms with Crippen LogP contribution in [0.3, 0.4) is 0 Å². The van der Waals surface area contributed by atoms with Crippen LogP contribution in [0.4, 0.5) is 0 Å². The summed E-state index contributed by atoms with van der Waals surface area (Å²) in [6, 6.07) is 13.3. The van der Waals surface area contributed by atoms with Crippen molar-refractivity contribution in [3.05, 3.63) is 59.2 Å². The molecule has 2 aromatic carbocycles. The van der Waals surface area contributed by atoms with Crippen molar-refractivity contribution in [1.82, 2.24) is 16.0 Å². The Bertz CT molecular complexity index is 803. The lowest BCUT2D eigenvalue weighted by Gasteiger charge is -2.12. The van der Waals surface area contributed by atoms with Gasteiger partial charge in [-0.25, -0.2) is 0 Å². The SMILES string of the molecule is CN=C(NCc1ccc(C(=O)NC)cc1)NCc1ccc2c(c1)OCO2. The smallest absolute Gasteiger partial charge is 0.251 e. The number of nitrogens with one attached hydrogen (secondary N) is 3. The molecule has 1 heterocycles. The molecule has 1 amide bonds. The Labute approximate surface area is 152 Å². The van der Waals surface area contributed by atoms with Crippen molar-refractivity contribution in [1.29, 1.82) is 0 Å². The first-order chi connectivity index (χ1) is 12.7. The van der Waals surface area contributed by atoms with Gasteiger partial charge in [0.2, 0.25) is 6.79 Å². The number of guanidine groups is 1. The monoisotopic (exact) mass is 354 g/mol. The molecule has 0 radical (unpaired) electrons. The molecule has 26 heavy (non-hydrogen) atoms. The van der Waals surface area contributed by atoms with Crippen LogP contribution in [0.5, 0.6) is 11.5 Å². The number of hydrogen-bond acceptors (Lipinski definition) is 4. The topological polar surface area (TPSA) is 84.0 Å². The Morgan fingerprint density at radius 3 is 2.35 bits per heavy atom. The number of aliphatic imine (C=N–C) groups is 1. The van der Waals surface area contributed by atoms with Crippen molar-refractivity contribution in [3.63, 3.8) is 0 Å². The van der Waals surface area contributed by atoms with E-state index in [1.54, 1.807) is 26.2 Å². The number of carbonyl (C=O) groups is 1. The van der Waals surface area contributed by atoms with Gasteiger partial charge in [0, 0.05) is 32.7 Å². The van der Waals surface area contributed by atoms with Crippen molar-refractivity contribution in [3.8, 4) is 11.5 Å². The number of hydrogen-bond donors (Lipinski definition) is 3. The van der Waals surface area contributed by atoms with Crippen molar-refractivity contribution in [2.75, 3.05) is 20.9 Å². The molecule has 3 rings (SSSR count). The molecular weight excluding hydrogens is 332 g/mol. The quantitative estimate of drug-likeness (QED) is 0.562. The second-order valence-corrected chi connectivity index (χ2v) is 5.74. The minimum atomic E-state index is -0.0919. The Morgan fingerprint density at radius 1 is 1.00 bits per heavy atom. The van der Waals surface area contributed by atoms with E-state index in [0.717, 1.165) is 22.6 Å². The van der Waals surface area contributed by atoms with E-state index in [1.807, 2.05) is 30.3 Å². The van der Waals surface area contributed by atoms with Gasteiger partial charge in [-0.15, -0.1) is 0 Å². The second kappa shape index (κ2) is 8.24. The summed E-state index contributed by atoms with van der Waals surface area (Å²) in [7, 11) is 3.34. The first kappa shape index (κ1) is 17.6. The van der Waals surface area contributed by atoms with Crippen molar-refractivity contribution >= 4 is 11.9 Å². The fraction of sp³-hybridized carbons (Fsp3) is 0.263. The van der Waals surface area contributed by atoms with Gasteiger partial charge in [-0.2, -0.15) is 0 Å². The van der Waals surface area contributed by atoms with E-state index < -0.39 is 0 Å². The van der Waals surface area contributed by atoms with Crippen LogP contribution < -0.4 is 25.4 Å². The maximum atomic E-state index is 11.6. The zero-order chi connectivity index (χ0) is 18.4. The third-order valence-corrected chi connectivity index (χ3v) is 4.02. The standard InChI is InChI=1S/C19H22N4O3/c1-20-18(24)15-6-3-13(4-7-15)10-22-19(21-2)23-11-14-5-8-16-17(9-14)26-12-25-16/h3-9H,10-12H2,1-2H3,(H,20,24)(H2,21,22,23). The van der Waals surface area contributed by atoms with Gasteiger partial charge < -0.3 is 25.4 Å². The Hall–Kier alpha value is -3.22. The highest BCUT2D eigenvalue weighted by Crippen LogP contribution is 2.32. The van der Waals surface area contributed by atoms with Gasteiger partial charge >= 0.3 is 0 Å². The van der Waals surface area contributed by atoms with E-state index in [4.69, 9.17) is 9.47 Å². The van der Waals surface area contributed by atoms with Crippen LogP contribution in [0.25, 0.3) is 0 Å². The van der Waals surface area contributed by atoms with Crippen molar-refractivity contribution in [2.45, 2.75) is 13.1 Å². The molecular formula is C19H22N4O3. The number of amides is 1. The summed E-state index contributed by atoms with van der Waals surface area (Å²) in [5.74, 6) is 2.14. The first-order valence-electron chi connectivity index (χ1n) is 8.33. The van der Waals surface area contributed by atoms with Gasteiger partial charge in [0.1, 0.15) is 0 Å². The highest BCUT2D eigenvalue weighted by atomic mass is 16.7. The number of ether oxygens (including phenoxy) is 2. The van der Waals surface area contributed by atoms with Crippen molar-refractivity contribution < 1.29 is 14.3 Å². The maximum Gasteiger partial charge on any atom is 0.251 e. The Balaban J connectivity index is 1.51. The van der Waals surface area contributed by atoms with Gasteiger partial charge in [0.15, 0.2) is 17.5 Å². The first-order valence-corrected chi connectivity index (χ1v) is 8.33. The molecule has 2 aromatic rings. The summed E-state index contributed by atoms with van der Waals surface area (Å²) in [6.07, 6.45) is 0. The highest BCUT2D eigenvalue weighted by molar-refractivity contribution is 5.93. The van der Waals surface area contributed by atoms with Crippen LogP contribution in [0.2, 0.25) is 0 Å². The van der Waals surface area contributed by atoms with E-state index in [2.05, 4.69) is 20.9 Å². The van der Waals surface area contributed by atoms with E-state index in [0.29, 0.717) is 24.6 Å². The van der Waals surface area contributed by atoms with Crippen LogP contribution in [0, 0.1) is 0 Å². The molecule has 0 saturated heterocycles. The molecule has 7 heteroatoms. The van der Waals surface area contributed by atoms with E-state index in [1.165, 1.54) is 0 Å². The number of rotatable bonds is 5. The van der Waals surface area contributed by atoms with Gasteiger partial charge in [0.25, 0.3) is 5.91 Å².